The third kappa shape index (κ3) is 4.15. The third-order valence-corrected chi connectivity index (χ3v) is 6.54. The van der Waals surface area contributed by atoms with Crippen LogP contribution in [0.3, 0.4) is 0 Å². The van der Waals surface area contributed by atoms with Gasteiger partial charge in [0.05, 0.1) is 30.5 Å². The highest BCUT2D eigenvalue weighted by atomic mass is 19.1. The van der Waals surface area contributed by atoms with E-state index in [2.05, 4.69) is 9.80 Å². The van der Waals surface area contributed by atoms with Gasteiger partial charge in [0.15, 0.2) is 0 Å². The summed E-state index contributed by atoms with van der Waals surface area (Å²) in [6, 6.07) is 19.7. The standard InChI is InChI=1S/C27H26FN3O3/c1-34-21-11-9-19(10-12-21)17-31-26(32)22-6-4-8-24(25(22)27(31)33)30-15-13-29(14-16-30)18-20-5-2-3-7-23(20)28/h2-12H,13-18H2,1H3. The van der Waals surface area contributed by atoms with Gasteiger partial charge in [0.2, 0.25) is 0 Å². The molecule has 0 saturated carbocycles. The monoisotopic (exact) mass is 459 g/mol. The Labute approximate surface area is 198 Å². The second kappa shape index (κ2) is 9.27. The Hall–Kier alpha value is -3.71. The van der Waals surface area contributed by atoms with Crippen LogP contribution in [0, 0.1) is 5.82 Å². The maximum Gasteiger partial charge on any atom is 0.263 e. The summed E-state index contributed by atoms with van der Waals surface area (Å²) >= 11 is 0. The smallest absolute Gasteiger partial charge is 0.263 e. The zero-order valence-electron chi connectivity index (χ0n) is 19.0. The first-order chi connectivity index (χ1) is 16.5. The largest absolute Gasteiger partial charge is 0.497 e. The Balaban J connectivity index is 1.30. The first-order valence-corrected chi connectivity index (χ1v) is 11.4. The van der Waals surface area contributed by atoms with Crippen molar-refractivity contribution < 1.29 is 18.7 Å². The molecule has 2 heterocycles. The van der Waals surface area contributed by atoms with Crippen molar-refractivity contribution in [3.05, 3.63) is 94.8 Å². The van der Waals surface area contributed by atoms with E-state index in [4.69, 9.17) is 4.74 Å². The molecule has 0 aromatic heterocycles. The minimum Gasteiger partial charge on any atom is -0.497 e. The van der Waals surface area contributed by atoms with E-state index in [1.54, 1.807) is 19.2 Å². The summed E-state index contributed by atoms with van der Waals surface area (Å²) in [6.45, 7) is 3.66. The van der Waals surface area contributed by atoms with Crippen LogP contribution in [0.2, 0.25) is 0 Å². The Morgan fingerprint density at radius 2 is 1.56 bits per heavy atom. The molecule has 2 aliphatic heterocycles. The topological polar surface area (TPSA) is 53.1 Å². The molecule has 2 amide bonds. The number of nitrogens with zero attached hydrogens (tertiary/aromatic N) is 3. The fourth-order valence-corrected chi connectivity index (χ4v) is 4.65. The lowest BCUT2D eigenvalue weighted by Gasteiger charge is -2.36. The number of benzene rings is 3. The number of imide groups is 1. The quantitative estimate of drug-likeness (QED) is 0.523. The van der Waals surface area contributed by atoms with Gasteiger partial charge in [-0.25, -0.2) is 4.39 Å². The van der Waals surface area contributed by atoms with E-state index < -0.39 is 0 Å². The van der Waals surface area contributed by atoms with Crippen LogP contribution in [-0.2, 0) is 13.1 Å². The van der Waals surface area contributed by atoms with Crippen LogP contribution >= 0.6 is 0 Å². The molecule has 34 heavy (non-hydrogen) atoms. The van der Waals surface area contributed by atoms with Crippen LogP contribution in [0.5, 0.6) is 5.75 Å². The lowest BCUT2D eigenvalue weighted by atomic mass is 10.1. The summed E-state index contributed by atoms with van der Waals surface area (Å²) in [7, 11) is 1.60. The van der Waals surface area contributed by atoms with Crippen molar-refractivity contribution in [2.45, 2.75) is 13.1 Å². The molecule has 0 bridgehead atoms. The number of hydrogen-bond donors (Lipinski definition) is 0. The highest BCUT2D eigenvalue weighted by molar-refractivity contribution is 6.23. The van der Waals surface area contributed by atoms with Gasteiger partial charge in [-0.1, -0.05) is 36.4 Å². The molecular formula is C27H26FN3O3. The minimum atomic E-state index is -0.268. The van der Waals surface area contributed by atoms with Crippen molar-refractivity contribution >= 4 is 17.5 Å². The van der Waals surface area contributed by atoms with E-state index in [9.17, 15) is 14.0 Å². The van der Waals surface area contributed by atoms with Gasteiger partial charge in [-0.05, 0) is 35.9 Å². The normalized spacial score (nSPS) is 16.2. The number of amides is 2. The Morgan fingerprint density at radius 3 is 2.26 bits per heavy atom. The van der Waals surface area contributed by atoms with Crippen LogP contribution in [0.25, 0.3) is 0 Å². The maximum atomic E-state index is 14.0. The van der Waals surface area contributed by atoms with Gasteiger partial charge >= 0.3 is 0 Å². The van der Waals surface area contributed by atoms with Gasteiger partial charge in [0.25, 0.3) is 11.8 Å². The second-order valence-electron chi connectivity index (χ2n) is 8.60. The molecule has 2 aliphatic rings. The van der Waals surface area contributed by atoms with Crippen molar-refractivity contribution in [3.63, 3.8) is 0 Å². The van der Waals surface area contributed by atoms with E-state index >= 15 is 0 Å². The fraction of sp³-hybridized carbons (Fsp3) is 0.259. The fourth-order valence-electron chi connectivity index (χ4n) is 4.65. The van der Waals surface area contributed by atoms with Crippen molar-refractivity contribution in [1.29, 1.82) is 0 Å². The van der Waals surface area contributed by atoms with E-state index in [0.717, 1.165) is 30.1 Å². The number of halogens is 1. The minimum absolute atomic E-state index is 0.188. The summed E-state index contributed by atoms with van der Waals surface area (Å²) in [5, 5.41) is 0. The lowest BCUT2D eigenvalue weighted by Crippen LogP contribution is -2.46. The summed E-state index contributed by atoms with van der Waals surface area (Å²) in [4.78, 5) is 32.1. The molecular weight excluding hydrogens is 433 g/mol. The molecule has 0 atom stereocenters. The Morgan fingerprint density at radius 1 is 0.824 bits per heavy atom. The first-order valence-electron chi connectivity index (χ1n) is 11.4. The highest BCUT2D eigenvalue weighted by Gasteiger charge is 2.38. The highest BCUT2D eigenvalue weighted by Crippen LogP contribution is 2.33. The number of carbonyl (C=O) groups excluding carboxylic acids is 2. The number of piperazine rings is 1. The first kappa shape index (κ1) is 22.1. The van der Waals surface area contributed by atoms with E-state index in [1.807, 2.05) is 48.5 Å². The van der Waals surface area contributed by atoms with Gasteiger partial charge in [-0.15, -0.1) is 0 Å². The molecule has 6 nitrogen and oxygen atoms in total. The van der Waals surface area contributed by atoms with Gasteiger partial charge in [-0.2, -0.15) is 0 Å². The number of anilines is 1. The summed E-state index contributed by atoms with van der Waals surface area (Å²) in [5.74, 6) is 0.00507. The molecule has 7 heteroatoms. The molecule has 0 aliphatic carbocycles. The molecule has 174 valence electrons. The van der Waals surface area contributed by atoms with Crippen molar-refractivity contribution in [3.8, 4) is 5.75 Å². The SMILES string of the molecule is COc1ccc(CN2C(=O)c3cccc(N4CCN(Cc5ccccc5F)CC4)c3C2=O)cc1. The zero-order chi connectivity index (χ0) is 23.7. The number of methoxy groups -OCH3 is 1. The number of ether oxygens (including phenoxy) is 1. The summed E-state index contributed by atoms with van der Waals surface area (Å²) in [6.07, 6.45) is 0. The van der Waals surface area contributed by atoms with Crippen molar-refractivity contribution in [1.82, 2.24) is 9.80 Å². The molecule has 0 spiro atoms. The number of fused-ring (bicyclic) bond motifs is 1. The van der Waals surface area contributed by atoms with Crippen molar-refractivity contribution in [2.75, 3.05) is 38.2 Å². The number of hydrogen-bond acceptors (Lipinski definition) is 5. The Kier molecular flexibility index (Phi) is 6.02. The molecule has 0 radical (unpaired) electrons. The maximum absolute atomic E-state index is 14.0. The van der Waals surface area contributed by atoms with Crippen LogP contribution in [-0.4, -0.2) is 54.9 Å². The van der Waals surface area contributed by atoms with E-state index in [-0.39, 0.29) is 24.2 Å². The summed E-state index contributed by atoms with van der Waals surface area (Å²) < 4.78 is 19.2. The predicted octanol–water partition coefficient (Wildman–Crippen LogP) is 3.95. The molecule has 0 N–H and O–H groups in total. The molecule has 0 unspecified atom stereocenters. The predicted molar refractivity (Wildman–Crippen MR) is 128 cm³/mol. The van der Waals surface area contributed by atoms with Crippen LogP contribution < -0.4 is 9.64 Å². The van der Waals surface area contributed by atoms with Crippen LogP contribution in [0.4, 0.5) is 10.1 Å². The lowest BCUT2D eigenvalue weighted by molar-refractivity contribution is 0.0642. The molecule has 5 rings (SSSR count). The molecule has 3 aromatic carbocycles. The van der Waals surface area contributed by atoms with Gasteiger partial charge in [0.1, 0.15) is 11.6 Å². The molecule has 1 fully saturated rings. The summed E-state index contributed by atoms with van der Waals surface area (Å²) in [5.41, 5.74) is 3.26. The van der Waals surface area contributed by atoms with E-state index in [1.165, 1.54) is 11.0 Å². The molecule has 3 aromatic rings. The number of rotatable bonds is 6. The van der Waals surface area contributed by atoms with E-state index in [0.29, 0.717) is 36.3 Å². The van der Waals surface area contributed by atoms with Gasteiger partial charge in [-0.3, -0.25) is 19.4 Å². The van der Waals surface area contributed by atoms with Crippen LogP contribution in [0.15, 0.2) is 66.7 Å². The van der Waals surface area contributed by atoms with Crippen LogP contribution in [0.1, 0.15) is 31.8 Å². The van der Waals surface area contributed by atoms with Gasteiger partial charge in [0, 0.05) is 38.3 Å². The van der Waals surface area contributed by atoms with Gasteiger partial charge < -0.3 is 9.64 Å². The average molecular weight is 460 g/mol. The second-order valence-corrected chi connectivity index (χ2v) is 8.60. The zero-order valence-corrected chi connectivity index (χ0v) is 19.0. The van der Waals surface area contributed by atoms with Crippen molar-refractivity contribution in [2.24, 2.45) is 0 Å². The third-order valence-electron chi connectivity index (χ3n) is 6.54. The average Bonchev–Trinajstić information content (AvgIpc) is 3.11. The Bertz CT molecular complexity index is 1220. The molecule has 1 saturated heterocycles. The number of carbonyl (C=O) groups is 2.